The average molecular weight is 229 g/mol. The van der Waals surface area contributed by atoms with E-state index in [0.29, 0.717) is 19.3 Å². The fraction of sp³-hybridized carbons (Fsp3) is 0.818. The zero-order valence-electron chi connectivity index (χ0n) is 10.2. The van der Waals surface area contributed by atoms with Crippen molar-refractivity contribution in [1.82, 2.24) is 4.90 Å². The van der Waals surface area contributed by atoms with E-state index in [2.05, 4.69) is 4.90 Å². The first-order chi connectivity index (χ1) is 7.43. The number of nitrogens with zero attached hydrogens (tertiary/aromatic N) is 1. The Hall–Kier alpha value is -1.10. The lowest BCUT2D eigenvalue weighted by atomic mass is 9.96. The Morgan fingerprint density at radius 1 is 1.12 bits per heavy atom. The van der Waals surface area contributed by atoms with Gasteiger partial charge in [-0.25, -0.2) is 0 Å². The second-order valence-electron chi connectivity index (χ2n) is 4.40. The topological polar surface area (TPSA) is 89.4 Å². The van der Waals surface area contributed by atoms with Gasteiger partial charge < -0.3 is 16.4 Å². The molecule has 0 heterocycles. The predicted molar refractivity (Wildman–Crippen MR) is 63.5 cm³/mol. The minimum atomic E-state index is -0.323. The lowest BCUT2D eigenvalue weighted by Gasteiger charge is -2.14. The molecule has 2 amide bonds. The lowest BCUT2D eigenvalue weighted by Crippen LogP contribution is -2.25. The van der Waals surface area contributed by atoms with Gasteiger partial charge in [0, 0.05) is 12.3 Å². The van der Waals surface area contributed by atoms with Crippen molar-refractivity contribution in [3.8, 4) is 0 Å². The van der Waals surface area contributed by atoms with E-state index in [4.69, 9.17) is 11.5 Å². The Balaban J connectivity index is 3.80. The second-order valence-corrected chi connectivity index (χ2v) is 4.40. The molecule has 0 saturated carbocycles. The molecule has 0 rings (SSSR count). The quantitative estimate of drug-likeness (QED) is 0.587. The van der Waals surface area contributed by atoms with E-state index in [1.165, 1.54) is 0 Å². The van der Waals surface area contributed by atoms with Crippen LogP contribution in [0.15, 0.2) is 0 Å². The summed E-state index contributed by atoms with van der Waals surface area (Å²) in [5.74, 6) is -0.723. The molecule has 0 fully saturated rings. The molecule has 4 N–H and O–H groups in total. The van der Waals surface area contributed by atoms with E-state index in [-0.39, 0.29) is 17.7 Å². The average Bonchev–Trinajstić information content (AvgIpc) is 2.14. The maximum Gasteiger partial charge on any atom is 0.220 e. The number of carbonyl (C=O) groups excluding carboxylic acids is 2. The van der Waals surface area contributed by atoms with Gasteiger partial charge in [-0.1, -0.05) is 0 Å². The van der Waals surface area contributed by atoms with Gasteiger partial charge in [-0.05, 0) is 46.3 Å². The van der Waals surface area contributed by atoms with Gasteiger partial charge in [0.1, 0.15) is 0 Å². The van der Waals surface area contributed by atoms with E-state index in [1.807, 2.05) is 14.1 Å². The molecule has 0 aromatic carbocycles. The number of rotatable bonds is 9. The summed E-state index contributed by atoms with van der Waals surface area (Å²) in [4.78, 5) is 23.8. The highest BCUT2D eigenvalue weighted by Gasteiger charge is 2.14. The highest BCUT2D eigenvalue weighted by molar-refractivity contribution is 5.77. The van der Waals surface area contributed by atoms with Crippen molar-refractivity contribution in [2.45, 2.75) is 32.1 Å². The smallest absolute Gasteiger partial charge is 0.220 e. The zero-order chi connectivity index (χ0) is 12.6. The van der Waals surface area contributed by atoms with Crippen LogP contribution < -0.4 is 11.5 Å². The maximum atomic E-state index is 11.1. The number of nitrogens with two attached hydrogens (primary N) is 2. The van der Waals surface area contributed by atoms with Crippen molar-refractivity contribution in [3.05, 3.63) is 0 Å². The van der Waals surface area contributed by atoms with Gasteiger partial charge >= 0.3 is 0 Å². The molecule has 0 spiro atoms. The number of carbonyl (C=O) groups is 2. The summed E-state index contributed by atoms with van der Waals surface area (Å²) in [5.41, 5.74) is 10.3. The summed E-state index contributed by atoms with van der Waals surface area (Å²) in [5, 5.41) is 0. The van der Waals surface area contributed by atoms with Gasteiger partial charge in [-0.2, -0.15) is 0 Å². The van der Waals surface area contributed by atoms with E-state index in [9.17, 15) is 9.59 Å². The minimum absolute atomic E-state index is 0.126. The summed E-state index contributed by atoms with van der Waals surface area (Å²) in [6.45, 7) is 0.944. The van der Waals surface area contributed by atoms with Crippen molar-refractivity contribution < 1.29 is 9.59 Å². The van der Waals surface area contributed by atoms with Crippen LogP contribution in [0.3, 0.4) is 0 Å². The molecule has 5 heteroatoms. The third-order valence-corrected chi connectivity index (χ3v) is 2.54. The molecular formula is C11H23N3O2. The highest BCUT2D eigenvalue weighted by Crippen LogP contribution is 2.14. The molecule has 0 aliphatic rings. The first-order valence-electron chi connectivity index (χ1n) is 5.65. The number of hydrogen-bond acceptors (Lipinski definition) is 3. The van der Waals surface area contributed by atoms with Crippen molar-refractivity contribution in [2.24, 2.45) is 17.4 Å². The fourth-order valence-corrected chi connectivity index (χ4v) is 1.61. The maximum absolute atomic E-state index is 11.1. The van der Waals surface area contributed by atoms with Crippen LogP contribution in [0.25, 0.3) is 0 Å². The Kier molecular flexibility index (Phi) is 7.54. The first-order valence-corrected chi connectivity index (χ1v) is 5.65. The first kappa shape index (κ1) is 14.9. The van der Waals surface area contributed by atoms with Crippen LogP contribution >= 0.6 is 0 Å². The fourth-order valence-electron chi connectivity index (χ4n) is 1.61. The van der Waals surface area contributed by atoms with Crippen LogP contribution in [0.1, 0.15) is 32.1 Å². The normalized spacial score (nSPS) is 12.7. The zero-order valence-corrected chi connectivity index (χ0v) is 10.2. The van der Waals surface area contributed by atoms with E-state index in [1.54, 1.807) is 0 Å². The third-order valence-electron chi connectivity index (χ3n) is 2.54. The summed E-state index contributed by atoms with van der Waals surface area (Å²) in [6.07, 6.45) is 3.36. The SMILES string of the molecule is CN(C)CCCC(CCCC(N)=O)C(N)=O. The number of amides is 2. The van der Waals surface area contributed by atoms with Gasteiger partial charge in [0.25, 0.3) is 0 Å². The van der Waals surface area contributed by atoms with Crippen LogP contribution in [0.2, 0.25) is 0 Å². The second kappa shape index (κ2) is 8.10. The third kappa shape index (κ3) is 8.23. The largest absolute Gasteiger partial charge is 0.370 e. The molecule has 5 nitrogen and oxygen atoms in total. The lowest BCUT2D eigenvalue weighted by molar-refractivity contribution is -0.123. The van der Waals surface area contributed by atoms with Crippen LogP contribution in [0, 0.1) is 5.92 Å². The standard InChI is InChI=1S/C11H23N3O2/c1-14(2)8-4-6-9(11(13)16)5-3-7-10(12)15/h9H,3-8H2,1-2H3,(H2,12,15)(H2,13,16). The molecular weight excluding hydrogens is 206 g/mol. The summed E-state index contributed by atoms with van der Waals surface area (Å²) in [7, 11) is 3.98. The van der Waals surface area contributed by atoms with Crippen LogP contribution in [-0.4, -0.2) is 37.4 Å². The molecule has 0 bridgehead atoms. The highest BCUT2D eigenvalue weighted by atomic mass is 16.1. The van der Waals surface area contributed by atoms with Gasteiger partial charge in [0.15, 0.2) is 0 Å². The minimum Gasteiger partial charge on any atom is -0.370 e. The monoisotopic (exact) mass is 229 g/mol. The molecule has 0 saturated heterocycles. The summed E-state index contributed by atoms with van der Waals surface area (Å²) in [6, 6.07) is 0. The molecule has 0 aromatic rings. The van der Waals surface area contributed by atoms with Crippen LogP contribution in [0.4, 0.5) is 0 Å². The molecule has 0 aromatic heterocycles. The van der Waals surface area contributed by atoms with Crippen molar-refractivity contribution in [1.29, 1.82) is 0 Å². The molecule has 1 atom stereocenters. The van der Waals surface area contributed by atoms with Crippen molar-refractivity contribution in [3.63, 3.8) is 0 Å². The van der Waals surface area contributed by atoms with Crippen molar-refractivity contribution in [2.75, 3.05) is 20.6 Å². The molecule has 1 unspecified atom stereocenters. The van der Waals surface area contributed by atoms with E-state index < -0.39 is 0 Å². The van der Waals surface area contributed by atoms with Crippen LogP contribution in [-0.2, 0) is 9.59 Å². The van der Waals surface area contributed by atoms with Gasteiger partial charge in [0.05, 0.1) is 0 Å². The predicted octanol–water partition coefficient (Wildman–Crippen LogP) is 0.0853. The Labute approximate surface area is 97.2 Å². The van der Waals surface area contributed by atoms with Gasteiger partial charge in [0.2, 0.25) is 11.8 Å². The molecule has 0 aliphatic heterocycles. The van der Waals surface area contributed by atoms with E-state index in [0.717, 1.165) is 19.4 Å². The van der Waals surface area contributed by atoms with Gasteiger partial charge in [-0.3, -0.25) is 9.59 Å². The van der Waals surface area contributed by atoms with Gasteiger partial charge in [-0.15, -0.1) is 0 Å². The molecule has 0 radical (unpaired) electrons. The summed E-state index contributed by atoms with van der Waals surface area (Å²) < 4.78 is 0. The molecule has 16 heavy (non-hydrogen) atoms. The summed E-state index contributed by atoms with van der Waals surface area (Å²) >= 11 is 0. The number of primary amides is 2. The van der Waals surface area contributed by atoms with Crippen LogP contribution in [0.5, 0.6) is 0 Å². The van der Waals surface area contributed by atoms with E-state index >= 15 is 0 Å². The van der Waals surface area contributed by atoms with Crippen molar-refractivity contribution >= 4 is 11.8 Å². The number of hydrogen-bond donors (Lipinski definition) is 2. The Morgan fingerprint density at radius 2 is 1.69 bits per heavy atom. The Morgan fingerprint density at radius 3 is 2.12 bits per heavy atom. The Bertz CT molecular complexity index is 229. The molecule has 0 aliphatic carbocycles. The molecule has 94 valence electrons.